The molecule has 0 radical (unpaired) electrons. The van der Waals surface area contributed by atoms with Crippen LogP contribution in [0.1, 0.15) is 17.9 Å². The quantitative estimate of drug-likeness (QED) is 0.830. The van der Waals surface area contributed by atoms with Crippen molar-refractivity contribution in [2.75, 3.05) is 26.5 Å². The van der Waals surface area contributed by atoms with Gasteiger partial charge in [-0.05, 0) is 48.7 Å². The van der Waals surface area contributed by atoms with Gasteiger partial charge in [-0.25, -0.2) is 4.39 Å². The Morgan fingerprint density at radius 2 is 1.88 bits per heavy atom. The van der Waals surface area contributed by atoms with Crippen LogP contribution in [0.25, 0.3) is 0 Å². The van der Waals surface area contributed by atoms with Gasteiger partial charge in [0.05, 0.1) is 6.61 Å². The summed E-state index contributed by atoms with van der Waals surface area (Å²) in [6, 6.07) is 12.5. The van der Waals surface area contributed by atoms with Gasteiger partial charge in [0.1, 0.15) is 11.6 Å². The summed E-state index contributed by atoms with van der Waals surface area (Å²) >= 11 is 0. The molecule has 2 aromatic rings. The van der Waals surface area contributed by atoms with Gasteiger partial charge >= 0.3 is 0 Å². The number of ether oxygens (including phenoxy) is 3. The molecular weight excluding hydrogens is 389 g/mol. The third kappa shape index (κ3) is 4.07. The third-order valence-electron chi connectivity index (χ3n) is 4.71. The summed E-state index contributed by atoms with van der Waals surface area (Å²) in [6.07, 6.45) is 1.03. The Bertz CT molecular complexity index is 710. The highest BCUT2D eigenvalue weighted by Gasteiger charge is 2.27. The first-order valence-corrected chi connectivity index (χ1v) is 8.28. The first kappa shape index (κ1) is 18.0. The van der Waals surface area contributed by atoms with Crippen molar-refractivity contribution < 1.29 is 18.6 Å². The van der Waals surface area contributed by atoms with Gasteiger partial charge in [-0.2, -0.15) is 0 Å². The molecule has 1 saturated heterocycles. The van der Waals surface area contributed by atoms with E-state index >= 15 is 0 Å². The van der Waals surface area contributed by atoms with Crippen LogP contribution in [0.3, 0.4) is 0 Å². The molecule has 0 saturated carbocycles. The second kappa shape index (κ2) is 8.06. The van der Waals surface area contributed by atoms with Gasteiger partial charge in [-0.3, -0.25) is 0 Å². The van der Waals surface area contributed by atoms with Crippen molar-refractivity contribution in [3.8, 4) is 17.2 Å². The van der Waals surface area contributed by atoms with Gasteiger partial charge in [0.15, 0.2) is 11.5 Å². The van der Waals surface area contributed by atoms with Gasteiger partial charge in [0.25, 0.3) is 0 Å². The van der Waals surface area contributed by atoms with Crippen LogP contribution in [0.15, 0.2) is 42.5 Å². The van der Waals surface area contributed by atoms with E-state index in [2.05, 4.69) is 5.32 Å². The lowest BCUT2D eigenvalue weighted by Crippen LogP contribution is -2.38. The average molecular weight is 410 g/mol. The lowest BCUT2D eigenvalue weighted by molar-refractivity contribution is 0.173. The maximum Gasteiger partial charge on any atom is 0.231 e. The summed E-state index contributed by atoms with van der Waals surface area (Å²) in [7, 11) is 0. The molecular formula is C19H21BrFNO3. The van der Waals surface area contributed by atoms with Crippen molar-refractivity contribution in [2.45, 2.75) is 12.3 Å². The molecule has 2 aliphatic heterocycles. The van der Waals surface area contributed by atoms with Crippen LogP contribution in [0, 0.1) is 11.7 Å². The van der Waals surface area contributed by atoms with Crippen molar-refractivity contribution in [3.63, 3.8) is 0 Å². The topological polar surface area (TPSA) is 39.7 Å². The van der Waals surface area contributed by atoms with Crippen LogP contribution >= 0.6 is 17.0 Å². The van der Waals surface area contributed by atoms with Gasteiger partial charge < -0.3 is 19.5 Å². The molecule has 4 rings (SSSR count). The highest BCUT2D eigenvalue weighted by molar-refractivity contribution is 8.93. The summed E-state index contributed by atoms with van der Waals surface area (Å²) in [5.74, 6) is 2.79. The minimum atomic E-state index is -0.194. The van der Waals surface area contributed by atoms with E-state index in [1.807, 2.05) is 30.3 Å². The fourth-order valence-electron chi connectivity index (χ4n) is 3.42. The van der Waals surface area contributed by atoms with E-state index in [4.69, 9.17) is 14.2 Å². The molecule has 2 aliphatic rings. The fourth-order valence-corrected chi connectivity index (χ4v) is 3.42. The Balaban J connectivity index is 0.00000182. The van der Waals surface area contributed by atoms with Crippen LogP contribution in [0.5, 0.6) is 17.2 Å². The fraction of sp³-hybridized carbons (Fsp3) is 0.368. The van der Waals surface area contributed by atoms with Crippen molar-refractivity contribution in [2.24, 2.45) is 5.92 Å². The van der Waals surface area contributed by atoms with Crippen LogP contribution in [-0.4, -0.2) is 26.5 Å². The van der Waals surface area contributed by atoms with Gasteiger partial charge in [-0.15, -0.1) is 17.0 Å². The van der Waals surface area contributed by atoms with Crippen LogP contribution in [0.2, 0.25) is 0 Å². The molecule has 134 valence electrons. The number of benzene rings is 2. The normalized spacial score (nSPS) is 21.5. The molecule has 2 aromatic carbocycles. The number of piperidine rings is 1. The molecule has 1 N–H and O–H groups in total. The molecule has 2 atom stereocenters. The van der Waals surface area contributed by atoms with Crippen LogP contribution in [-0.2, 0) is 0 Å². The average Bonchev–Trinajstić information content (AvgIpc) is 3.09. The number of rotatable bonds is 4. The molecule has 1 fully saturated rings. The molecule has 0 bridgehead atoms. The summed E-state index contributed by atoms with van der Waals surface area (Å²) in [5.41, 5.74) is 1.18. The molecule has 25 heavy (non-hydrogen) atoms. The molecule has 0 amide bonds. The maximum atomic E-state index is 13.2. The maximum absolute atomic E-state index is 13.2. The first-order chi connectivity index (χ1) is 11.8. The third-order valence-corrected chi connectivity index (χ3v) is 4.71. The number of halogens is 2. The zero-order valence-corrected chi connectivity index (χ0v) is 15.5. The standard InChI is InChI=1S/C19H20FNO3.BrH/c20-15-3-1-13(2-4-15)17-7-8-21-10-14(17)11-22-16-5-6-18-19(9-16)24-12-23-18;/h1-6,9,14,17,21H,7-8,10-12H2;1H. The van der Waals surface area contributed by atoms with E-state index in [0.717, 1.165) is 36.8 Å². The summed E-state index contributed by atoms with van der Waals surface area (Å²) < 4.78 is 29.9. The van der Waals surface area contributed by atoms with E-state index in [1.54, 1.807) is 0 Å². The van der Waals surface area contributed by atoms with Crippen molar-refractivity contribution in [3.05, 3.63) is 53.8 Å². The van der Waals surface area contributed by atoms with E-state index in [0.29, 0.717) is 18.4 Å². The van der Waals surface area contributed by atoms with Crippen LogP contribution in [0.4, 0.5) is 4.39 Å². The predicted molar refractivity (Wildman–Crippen MR) is 98.5 cm³/mol. The summed E-state index contributed by atoms with van der Waals surface area (Å²) in [4.78, 5) is 0. The van der Waals surface area contributed by atoms with Crippen molar-refractivity contribution >= 4 is 17.0 Å². The zero-order chi connectivity index (χ0) is 16.4. The summed E-state index contributed by atoms with van der Waals surface area (Å²) in [6.45, 7) is 2.74. The predicted octanol–water partition coefficient (Wildman–Crippen LogP) is 3.90. The van der Waals surface area contributed by atoms with Gasteiger partial charge in [0.2, 0.25) is 6.79 Å². The monoisotopic (exact) mass is 409 g/mol. The van der Waals surface area contributed by atoms with E-state index < -0.39 is 0 Å². The van der Waals surface area contributed by atoms with Gasteiger partial charge in [0, 0.05) is 18.5 Å². The number of fused-ring (bicyclic) bond motifs is 1. The smallest absolute Gasteiger partial charge is 0.231 e. The Kier molecular flexibility index (Phi) is 5.81. The number of hydrogen-bond donors (Lipinski definition) is 1. The molecule has 2 heterocycles. The SMILES string of the molecule is Br.Fc1ccc(C2CCNCC2COc2ccc3c(c2)OCO3)cc1. The lowest BCUT2D eigenvalue weighted by Gasteiger charge is -2.32. The Hall–Kier alpha value is -1.79. The zero-order valence-electron chi connectivity index (χ0n) is 13.7. The number of nitrogens with one attached hydrogen (secondary N) is 1. The lowest BCUT2D eigenvalue weighted by atomic mass is 9.81. The molecule has 0 aliphatic carbocycles. The Labute approximate surface area is 157 Å². The highest BCUT2D eigenvalue weighted by Crippen LogP contribution is 2.36. The number of hydrogen-bond acceptors (Lipinski definition) is 4. The molecule has 6 heteroatoms. The van der Waals surface area contributed by atoms with Gasteiger partial charge in [-0.1, -0.05) is 12.1 Å². The summed E-state index contributed by atoms with van der Waals surface area (Å²) in [5, 5.41) is 3.43. The minimum absolute atomic E-state index is 0. The first-order valence-electron chi connectivity index (χ1n) is 8.28. The molecule has 2 unspecified atom stereocenters. The second-order valence-electron chi connectivity index (χ2n) is 6.24. The van der Waals surface area contributed by atoms with E-state index in [-0.39, 0.29) is 29.6 Å². The van der Waals surface area contributed by atoms with E-state index in [9.17, 15) is 4.39 Å². The second-order valence-corrected chi connectivity index (χ2v) is 6.24. The van der Waals surface area contributed by atoms with Crippen molar-refractivity contribution in [1.29, 1.82) is 0 Å². The van der Waals surface area contributed by atoms with Crippen molar-refractivity contribution in [1.82, 2.24) is 5.32 Å². The molecule has 4 nitrogen and oxygen atoms in total. The Morgan fingerprint density at radius 1 is 1.08 bits per heavy atom. The van der Waals surface area contributed by atoms with E-state index in [1.165, 1.54) is 17.7 Å². The molecule has 0 spiro atoms. The van der Waals surface area contributed by atoms with Crippen LogP contribution < -0.4 is 19.5 Å². The Morgan fingerprint density at radius 3 is 2.72 bits per heavy atom. The largest absolute Gasteiger partial charge is 0.493 e. The highest BCUT2D eigenvalue weighted by atomic mass is 79.9. The molecule has 0 aromatic heterocycles. The minimum Gasteiger partial charge on any atom is -0.493 e.